The lowest BCUT2D eigenvalue weighted by molar-refractivity contribution is -0.377. The van der Waals surface area contributed by atoms with Crippen molar-refractivity contribution in [2.45, 2.75) is 160 Å². The van der Waals surface area contributed by atoms with E-state index >= 15 is 0 Å². The number of aliphatic carboxylic acids is 2. The summed E-state index contributed by atoms with van der Waals surface area (Å²) in [6.07, 6.45) is -32.7. The average molecular weight is 1730 g/mol. The Balaban J connectivity index is 0.000000427. The van der Waals surface area contributed by atoms with E-state index in [0.717, 1.165) is 10.8 Å². The van der Waals surface area contributed by atoms with Crippen LogP contribution in [0.4, 0.5) is 20.2 Å². The zero-order valence-corrected chi connectivity index (χ0v) is 64.4. The predicted molar refractivity (Wildman–Crippen MR) is 369 cm³/mol. The molecule has 14 unspecified atom stereocenters. The monoisotopic (exact) mass is 1730 g/mol. The summed E-state index contributed by atoms with van der Waals surface area (Å²) in [7, 11) is -7.62. The van der Waals surface area contributed by atoms with Crippen molar-refractivity contribution in [2.24, 2.45) is 10.7 Å². The largest absolute Gasteiger partial charge is 0.756 e. The van der Waals surface area contributed by atoms with Gasteiger partial charge >= 0.3 is 24.0 Å². The van der Waals surface area contributed by atoms with E-state index in [1.54, 1.807) is 0 Å². The highest BCUT2D eigenvalue weighted by atomic mass is 31.2. The Morgan fingerprint density at radius 3 is 1.58 bits per heavy atom. The fourth-order valence-electron chi connectivity index (χ4n) is 11.2. The number of phosphoric ester groups is 2. The molecule has 0 bridgehead atoms. The van der Waals surface area contributed by atoms with E-state index in [1.165, 1.54) is 44.6 Å². The summed E-state index contributed by atoms with van der Waals surface area (Å²) in [6.45, 7) is -2.15. The summed E-state index contributed by atoms with van der Waals surface area (Å²) in [4.78, 5) is 146. The molecule has 0 aliphatic carbocycles. The van der Waals surface area contributed by atoms with Gasteiger partial charge in [-0.25, -0.2) is 24.2 Å². The number of anilines is 1. The van der Waals surface area contributed by atoms with Gasteiger partial charge in [-0.1, -0.05) is 6.58 Å². The molecular weight excluding hydrogens is 1630 g/mol. The summed E-state index contributed by atoms with van der Waals surface area (Å²) in [6, 6.07) is -3.91. The Morgan fingerprint density at radius 2 is 1.10 bits per heavy atom. The molecule has 22 N–H and O–H groups in total. The summed E-state index contributed by atoms with van der Waals surface area (Å²) in [5.74, 6) is -15.2. The number of rotatable bonds is 45. The topological polar surface area (TPSA) is 819 Å². The number of aliphatic imine (C=N–C) groups is 1. The second kappa shape index (κ2) is 47.1. The van der Waals surface area contributed by atoms with Gasteiger partial charge in [0.25, 0.3) is 15.6 Å². The zero-order valence-electron chi connectivity index (χ0n) is 62.6. The number of ether oxygens (including phenoxy) is 11. The van der Waals surface area contributed by atoms with Gasteiger partial charge in [0, 0.05) is 53.1 Å². The number of carboxylic acids is 2. The number of carbonyl (C=O) groups is 8. The van der Waals surface area contributed by atoms with Gasteiger partial charge in [-0.2, -0.15) is 4.98 Å². The molecule has 5 aliphatic rings. The number of phosphoric acid groups is 2. The molecule has 6 heterocycles. The lowest BCUT2D eigenvalue weighted by atomic mass is 9.88. The molecule has 1 aromatic heterocycles. The molecule has 0 saturated carbocycles. The summed E-state index contributed by atoms with van der Waals surface area (Å²) >= 11 is 0. The van der Waals surface area contributed by atoms with Crippen molar-refractivity contribution in [3.8, 4) is 0 Å². The van der Waals surface area contributed by atoms with Gasteiger partial charge < -0.3 is 200 Å². The van der Waals surface area contributed by atoms with Crippen LogP contribution in [0.15, 0.2) is 46.7 Å². The number of hydrogen-bond donors (Lipinski definition) is 20. The van der Waals surface area contributed by atoms with Gasteiger partial charge in [0.2, 0.25) is 29.3 Å². The molecule has 0 radical (unpaired) electrons. The van der Waals surface area contributed by atoms with Gasteiger partial charge in [-0.05, 0) is 31.4 Å². The second-order valence-corrected chi connectivity index (χ2v) is 28.3. The summed E-state index contributed by atoms with van der Waals surface area (Å²) in [5, 5.41) is 163. The Hall–Kier alpha value is -7.99. The number of unbranched alkanes of at least 4 members (excludes halogenated alkanes) is 1. The van der Waals surface area contributed by atoms with Crippen molar-refractivity contribution >= 4 is 75.2 Å². The number of carbonyl (C=O) groups excluding carboxylic acids is 8. The fraction of sp³-hybridized carbons (Fsp3) is 0.721. The number of nitrogens with one attached hydrogen (secondary N) is 6. The van der Waals surface area contributed by atoms with Crippen molar-refractivity contribution in [1.29, 1.82) is 0 Å². The van der Waals surface area contributed by atoms with E-state index in [9.17, 15) is 134 Å². The highest BCUT2D eigenvalue weighted by Crippen LogP contribution is 2.50. The minimum absolute atomic E-state index is 0.00965. The number of nitrogen functional groups attached to an aromatic ring is 1. The number of nitrogens with zero attached hydrogens (tertiary/aromatic N) is 4. The quantitative estimate of drug-likeness (QED) is 0.0164. The molecule has 4 saturated heterocycles. The van der Waals surface area contributed by atoms with E-state index in [-0.39, 0.29) is 83.1 Å². The molecular formula is C61H96N12O42P2-4. The van der Waals surface area contributed by atoms with Gasteiger partial charge in [0.1, 0.15) is 135 Å². The van der Waals surface area contributed by atoms with Crippen LogP contribution in [0.2, 0.25) is 0 Å². The molecule has 6 amide bonds. The third-order valence-corrected chi connectivity index (χ3v) is 19.1. The SMILES string of the molecule is C=C1N=C(N)C=CN1C1OC(COP(=O)([O-])OC2(C(=O)[O-])CC(O)C(NC(=O)CNC(=O)[C@H](CCCCNC(=O)OCCOC)NC(=O)OCCOC)C([C@H](O)[C@H](O)CO)O2)[C@@H](O)[C@H]1O.COCCOCCOC(=O)NCC(=O)NC1C(O)CC(OP(=O)([O-])OCC2OC(n3ccc(N)nc3=O)[C@H](O)[C@@H]2O)(C(=O)[O-])OC1[C@H](O)[C@H](O)CO. The van der Waals surface area contributed by atoms with E-state index in [1.807, 2.05) is 0 Å². The van der Waals surface area contributed by atoms with Crippen LogP contribution in [-0.2, 0) is 103 Å². The number of aliphatic hydroxyl groups excluding tert-OH is 12. The number of alkyl carbamates (subject to hydrolysis) is 3. The van der Waals surface area contributed by atoms with Crippen LogP contribution in [0.3, 0.4) is 0 Å². The van der Waals surface area contributed by atoms with Crippen LogP contribution in [0.25, 0.3) is 0 Å². The number of aliphatic hydroxyl groups is 12. The Kier molecular flexibility index (Phi) is 40.1. The number of carboxylic acid groups (broad SMARTS) is 2. The molecule has 4 fully saturated rings. The van der Waals surface area contributed by atoms with E-state index in [0.29, 0.717) is 13.0 Å². The van der Waals surface area contributed by atoms with Crippen LogP contribution in [0.1, 0.15) is 38.3 Å². The summed E-state index contributed by atoms with van der Waals surface area (Å²) in [5.41, 5.74) is 10.0. The summed E-state index contributed by atoms with van der Waals surface area (Å²) < 4.78 is 101. The van der Waals surface area contributed by atoms with Crippen molar-refractivity contribution in [3.63, 3.8) is 0 Å². The first-order valence-corrected chi connectivity index (χ1v) is 38.0. The maximum Gasteiger partial charge on any atom is 0.407 e. The maximum atomic E-state index is 13.2. The minimum Gasteiger partial charge on any atom is -0.756 e. The van der Waals surface area contributed by atoms with Crippen LogP contribution < -0.4 is 69.1 Å². The third kappa shape index (κ3) is 29.7. The van der Waals surface area contributed by atoms with Gasteiger partial charge in [0.15, 0.2) is 12.5 Å². The van der Waals surface area contributed by atoms with Gasteiger partial charge in [-0.15, -0.1) is 0 Å². The van der Waals surface area contributed by atoms with Gasteiger partial charge in [0.05, 0.1) is 90.3 Å². The molecule has 56 heteroatoms. The van der Waals surface area contributed by atoms with Crippen LogP contribution in [0, 0.1) is 0 Å². The van der Waals surface area contributed by atoms with Crippen LogP contribution in [-0.4, -0.2) is 371 Å². The lowest BCUT2D eigenvalue weighted by Crippen LogP contribution is -2.70. The number of hydrogen-bond acceptors (Lipinski definition) is 47. The smallest absolute Gasteiger partial charge is 0.407 e. The Morgan fingerprint density at radius 1 is 0.650 bits per heavy atom. The van der Waals surface area contributed by atoms with Crippen LogP contribution >= 0.6 is 15.6 Å². The first-order chi connectivity index (χ1) is 55.1. The molecule has 6 rings (SSSR count). The van der Waals surface area contributed by atoms with Crippen LogP contribution in [0.5, 0.6) is 0 Å². The number of methoxy groups -OCH3 is 3. The normalized spacial score (nSPS) is 28.6. The molecule has 0 spiro atoms. The molecule has 0 aromatic carbocycles. The second-order valence-electron chi connectivity index (χ2n) is 25.6. The predicted octanol–water partition coefficient (Wildman–Crippen LogP) is -15.1. The van der Waals surface area contributed by atoms with E-state index in [2.05, 4.69) is 57.5 Å². The first kappa shape index (κ1) is 99.6. The number of aromatic nitrogens is 2. The first-order valence-electron chi connectivity index (χ1n) is 35.1. The number of amidine groups is 1. The standard InChI is InChI=1S/C35H58N7O22P.C26H42N5O20P/c1-18-39-23(36)7-9-42(18)31-28(49)27(48)22(62-31)17-61-65(55,56)64-35(32(51)52)14-20(44)25(29(63-35)26(47)21(45)16-43)41-24(46)15-38-30(50)19(40-34(54)60-13-11-58-3)6-4-5-8-37-33(53)59-12-10-57-2;1-45-4-5-46-6-7-47-25(42)28-9-16(35)30-17-12(33)8-26(23(39)40,50-21(17)18(36)13(34)10-32)51-52(43,44)48-11-14-19(37)20(38)22(49-14)31-3-2-15(27)29-24(31)41/h7,9,19-22,25-29,31,43-45,47-49H,1,4-6,8,10-17H2,2-3H3,(H2,36,39)(H,37,53)(H,38,50)(H,40,54)(H,41,46)(H,51,52)(H,55,56);2-3,12-14,17-22,32-34,36-38H,4-11H2,1H3,(H,28,42)(H,30,35)(H,39,40)(H,43,44)(H2,27,29,41)/p-4/t19-,20?,21+,22?,25?,26+,27+,28+,29?,31?,35?;12?,13-,14?,17?,18-,19-,20-,21?,22?,26?/m01/s1. The third-order valence-electron chi connectivity index (χ3n) is 17.2. The molecule has 54 nitrogen and oxygen atoms in total. The van der Waals surface area contributed by atoms with E-state index in [4.69, 9.17) is 72.6 Å². The van der Waals surface area contributed by atoms with Crippen molar-refractivity contribution < 1.29 is 199 Å². The Bertz CT molecular complexity index is 3670. The van der Waals surface area contributed by atoms with Gasteiger partial charge in [-0.3, -0.25) is 37.1 Å². The molecule has 1 aromatic rings. The maximum absolute atomic E-state index is 13.2. The van der Waals surface area contributed by atoms with E-state index < -0.39 is 249 Å². The highest BCUT2D eigenvalue weighted by molar-refractivity contribution is 7.46. The molecule has 666 valence electrons. The molecule has 5 aliphatic heterocycles. The highest BCUT2D eigenvalue weighted by Gasteiger charge is 2.57. The van der Waals surface area contributed by atoms with Crippen molar-refractivity contribution in [1.82, 2.24) is 46.4 Å². The minimum atomic E-state index is -5.95. The molecule has 117 heavy (non-hydrogen) atoms. The average Bonchev–Trinajstić information content (AvgIpc) is 1.59. The zero-order chi connectivity index (χ0) is 87.3. The lowest BCUT2D eigenvalue weighted by Gasteiger charge is -2.50. The number of nitrogens with two attached hydrogens (primary N) is 2. The van der Waals surface area contributed by atoms with Crippen molar-refractivity contribution in [3.05, 3.63) is 47.4 Å². The number of amides is 6. The fourth-order valence-corrected chi connectivity index (χ4v) is 13.1. The van der Waals surface area contributed by atoms with Crippen molar-refractivity contribution in [2.75, 3.05) is 126 Å². The Labute approximate surface area is 662 Å². The molecule has 23 atom stereocenters.